The van der Waals surface area contributed by atoms with Crippen molar-refractivity contribution in [2.75, 3.05) is 20.1 Å². The zero-order valence-electron chi connectivity index (χ0n) is 13.1. The number of amides is 1. The predicted octanol–water partition coefficient (Wildman–Crippen LogP) is 3.32. The first-order valence-electron chi connectivity index (χ1n) is 7.95. The largest absolute Gasteiger partial charge is 0.349 e. The molecule has 0 aliphatic carbocycles. The maximum Gasteiger partial charge on any atom is 0.251 e. The van der Waals surface area contributed by atoms with Gasteiger partial charge in [-0.25, -0.2) is 0 Å². The number of unbranched alkanes of at least 4 members (excludes halogenated alkanes) is 1. The Morgan fingerprint density at radius 2 is 1.95 bits per heavy atom. The SMILES string of the molecule is CCCC=Cc1ccc(C(=O)NC2CCN(C)CC2)cc1. The van der Waals surface area contributed by atoms with Crippen molar-refractivity contribution in [3.05, 3.63) is 41.5 Å². The van der Waals surface area contributed by atoms with Crippen LogP contribution in [-0.4, -0.2) is 37.0 Å². The quantitative estimate of drug-likeness (QED) is 0.900. The number of hydrogen-bond donors (Lipinski definition) is 1. The summed E-state index contributed by atoms with van der Waals surface area (Å²) in [6.45, 7) is 4.29. The molecule has 3 heteroatoms. The molecule has 0 radical (unpaired) electrons. The highest BCUT2D eigenvalue weighted by molar-refractivity contribution is 5.94. The number of rotatable bonds is 5. The van der Waals surface area contributed by atoms with Gasteiger partial charge in [0.05, 0.1) is 0 Å². The van der Waals surface area contributed by atoms with Crippen LogP contribution in [0.15, 0.2) is 30.3 Å². The molecule has 1 heterocycles. The second-order valence-electron chi connectivity index (χ2n) is 5.86. The molecule has 1 fully saturated rings. The minimum absolute atomic E-state index is 0.0497. The molecule has 0 saturated carbocycles. The molecule has 21 heavy (non-hydrogen) atoms. The molecular formula is C18H26N2O. The number of allylic oxidation sites excluding steroid dienone is 1. The second kappa shape index (κ2) is 7.99. The van der Waals surface area contributed by atoms with Crippen LogP contribution in [-0.2, 0) is 0 Å². The average Bonchev–Trinajstić information content (AvgIpc) is 2.50. The molecule has 0 unspecified atom stereocenters. The fourth-order valence-electron chi connectivity index (χ4n) is 2.55. The fraction of sp³-hybridized carbons (Fsp3) is 0.500. The Kier molecular flexibility index (Phi) is 6.00. The van der Waals surface area contributed by atoms with E-state index in [0.717, 1.165) is 49.9 Å². The molecule has 1 saturated heterocycles. The van der Waals surface area contributed by atoms with E-state index < -0.39 is 0 Å². The molecule has 1 aliphatic rings. The Morgan fingerprint density at radius 1 is 1.29 bits per heavy atom. The number of hydrogen-bond acceptors (Lipinski definition) is 2. The molecule has 1 aromatic rings. The molecule has 1 N–H and O–H groups in total. The van der Waals surface area contributed by atoms with Crippen molar-refractivity contribution in [2.45, 2.75) is 38.6 Å². The number of piperidine rings is 1. The molecule has 1 aromatic carbocycles. The minimum atomic E-state index is 0.0497. The summed E-state index contributed by atoms with van der Waals surface area (Å²) in [5.41, 5.74) is 1.90. The van der Waals surface area contributed by atoms with Gasteiger partial charge >= 0.3 is 0 Å². The van der Waals surface area contributed by atoms with E-state index in [-0.39, 0.29) is 5.91 Å². The Bertz CT molecular complexity index is 470. The molecular weight excluding hydrogens is 260 g/mol. The van der Waals surface area contributed by atoms with Crippen LogP contribution in [0.2, 0.25) is 0 Å². The van der Waals surface area contributed by atoms with E-state index in [9.17, 15) is 4.79 Å². The van der Waals surface area contributed by atoms with Crippen molar-refractivity contribution in [3.63, 3.8) is 0 Å². The lowest BCUT2D eigenvalue weighted by atomic mass is 10.0. The van der Waals surface area contributed by atoms with Crippen LogP contribution in [0.3, 0.4) is 0 Å². The van der Waals surface area contributed by atoms with Gasteiger partial charge in [0.1, 0.15) is 0 Å². The topological polar surface area (TPSA) is 32.3 Å². The highest BCUT2D eigenvalue weighted by atomic mass is 16.1. The Balaban J connectivity index is 1.87. The molecule has 0 atom stereocenters. The van der Waals surface area contributed by atoms with E-state index in [1.54, 1.807) is 0 Å². The van der Waals surface area contributed by atoms with Gasteiger partial charge in [0, 0.05) is 11.6 Å². The van der Waals surface area contributed by atoms with Gasteiger partial charge in [-0.15, -0.1) is 0 Å². The third-order valence-corrected chi connectivity index (χ3v) is 3.99. The Hall–Kier alpha value is -1.61. The first kappa shape index (κ1) is 15.8. The number of carbonyl (C=O) groups excluding carboxylic acids is 1. The molecule has 2 rings (SSSR count). The summed E-state index contributed by atoms with van der Waals surface area (Å²) in [5, 5.41) is 3.14. The monoisotopic (exact) mass is 286 g/mol. The third kappa shape index (κ3) is 5.01. The molecule has 0 spiro atoms. The highest BCUT2D eigenvalue weighted by Crippen LogP contribution is 2.11. The zero-order valence-corrected chi connectivity index (χ0v) is 13.1. The van der Waals surface area contributed by atoms with Crippen LogP contribution in [0, 0.1) is 0 Å². The van der Waals surface area contributed by atoms with Gasteiger partial charge < -0.3 is 10.2 Å². The molecule has 0 bridgehead atoms. The molecule has 0 aromatic heterocycles. The summed E-state index contributed by atoms with van der Waals surface area (Å²) in [7, 11) is 2.13. The van der Waals surface area contributed by atoms with Crippen LogP contribution in [0.5, 0.6) is 0 Å². The van der Waals surface area contributed by atoms with Gasteiger partial charge in [-0.2, -0.15) is 0 Å². The normalized spacial score (nSPS) is 17.2. The van der Waals surface area contributed by atoms with Crippen LogP contribution in [0.4, 0.5) is 0 Å². The lowest BCUT2D eigenvalue weighted by molar-refractivity contribution is 0.0917. The maximum atomic E-state index is 12.2. The number of nitrogens with one attached hydrogen (secondary N) is 1. The Morgan fingerprint density at radius 3 is 2.57 bits per heavy atom. The van der Waals surface area contributed by atoms with Gasteiger partial charge in [0.25, 0.3) is 5.91 Å². The summed E-state index contributed by atoms with van der Waals surface area (Å²) in [6.07, 6.45) is 8.63. The van der Waals surface area contributed by atoms with E-state index in [0.29, 0.717) is 6.04 Å². The summed E-state index contributed by atoms with van der Waals surface area (Å²) < 4.78 is 0. The fourth-order valence-corrected chi connectivity index (χ4v) is 2.55. The summed E-state index contributed by atoms with van der Waals surface area (Å²) in [6, 6.07) is 8.16. The minimum Gasteiger partial charge on any atom is -0.349 e. The summed E-state index contributed by atoms with van der Waals surface area (Å²) in [5.74, 6) is 0.0497. The van der Waals surface area contributed by atoms with Crippen molar-refractivity contribution in [1.29, 1.82) is 0 Å². The molecule has 3 nitrogen and oxygen atoms in total. The van der Waals surface area contributed by atoms with E-state index in [4.69, 9.17) is 0 Å². The van der Waals surface area contributed by atoms with Crippen LogP contribution < -0.4 is 5.32 Å². The van der Waals surface area contributed by atoms with E-state index in [1.165, 1.54) is 0 Å². The highest BCUT2D eigenvalue weighted by Gasteiger charge is 2.18. The third-order valence-electron chi connectivity index (χ3n) is 3.99. The van der Waals surface area contributed by atoms with Crippen molar-refractivity contribution in [1.82, 2.24) is 10.2 Å². The van der Waals surface area contributed by atoms with Crippen molar-refractivity contribution in [2.24, 2.45) is 0 Å². The maximum absolute atomic E-state index is 12.2. The van der Waals surface area contributed by atoms with E-state index in [1.807, 2.05) is 24.3 Å². The van der Waals surface area contributed by atoms with Gasteiger partial charge in [0.15, 0.2) is 0 Å². The number of likely N-dealkylation sites (tertiary alicyclic amines) is 1. The van der Waals surface area contributed by atoms with Gasteiger partial charge in [0.2, 0.25) is 0 Å². The lowest BCUT2D eigenvalue weighted by Gasteiger charge is -2.29. The van der Waals surface area contributed by atoms with Crippen LogP contribution >= 0.6 is 0 Å². The van der Waals surface area contributed by atoms with E-state index >= 15 is 0 Å². The first-order valence-corrected chi connectivity index (χ1v) is 7.95. The summed E-state index contributed by atoms with van der Waals surface area (Å²) >= 11 is 0. The average molecular weight is 286 g/mol. The predicted molar refractivity (Wildman–Crippen MR) is 88.4 cm³/mol. The molecule has 1 amide bonds. The lowest BCUT2D eigenvalue weighted by Crippen LogP contribution is -2.43. The second-order valence-corrected chi connectivity index (χ2v) is 5.86. The number of benzene rings is 1. The van der Waals surface area contributed by atoms with E-state index in [2.05, 4.69) is 36.3 Å². The smallest absolute Gasteiger partial charge is 0.251 e. The van der Waals surface area contributed by atoms with Gasteiger partial charge in [-0.3, -0.25) is 4.79 Å². The van der Waals surface area contributed by atoms with Crippen LogP contribution in [0.25, 0.3) is 6.08 Å². The molecule has 1 aliphatic heterocycles. The summed E-state index contributed by atoms with van der Waals surface area (Å²) in [4.78, 5) is 14.5. The zero-order chi connectivity index (χ0) is 15.1. The van der Waals surface area contributed by atoms with Gasteiger partial charge in [-0.1, -0.05) is 37.6 Å². The Labute approximate surface area is 128 Å². The molecule has 114 valence electrons. The standard InChI is InChI=1S/C18H26N2O/c1-3-4-5-6-15-7-9-16(10-8-15)18(21)19-17-11-13-20(2)14-12-17/h5-10,17H,3-4,11-14H2,1-2H3,(H,19,21). The number of nitrogens with zero attached hydrogens (tertiary/aromatic N) is 1. The van der Waals surface area contributed by atoms with Gasteiger partial charge in [-0.05, 0) is 57.1 Å². The van der Waals surface area contributed by atoms with Crippen LogP contribution in [0.1, 0.15) is 48.5 Å². The van der Waals surface area contributed by atoms with Crippen molar-refractivity contribution >= 4 is 12.0 Å². The first-order chi connectivity index (χ1) is 10.2. The van der Waals surface area contributed by atoms with Crippen molar-refractivity contribution < 1.29 is 4.79 Å². The number of carbonyl (C=O) groups is 1. The van der Waals surface area contributed by atoms with Crippen molar-refractivity contribution in [3.8, 4) is 0 Å².